The average Bonchev–Trinajstić information content (AvgIpc) is 3.81. The molecule has 0 N–H and O–H groups in total. The molecule has 0 amide bonds. The molecule has 3 aliphatic rings. The lowest BCUT2D eigenvalue weighted by atomic mass is 9.69. The van der Waals surface area contributed by atoms with Crippen molar-refractivity contribution in [3.63, 3.8) is 0 Å². The zero-order chi connectivity index (χ0) is 41.5. The van der Waals surface area contributed by atoms with Gasteiger partial charge in [-0.15, -0.1) is 0 Å². The Kier molecular flexibility index (Phi) is 9.81. The number of allylic oxidation sites excluding steroid dienone is 8. The van der Waals surface area contributed by atoms with Crippen molar-refractivity contribution in [1.29, 1.82) is 0 Å². The zero-order valence-electron chi connectivity index (χ0n) is 35.2. The Hall–Kier alpha value is -7.23. The van der Waals surface area contributed by atoms with Crippen molar-refractivity contribution >= 4 is 21.9 Å². The van der Waals surface area contributed by atoms with E-state index >= 15 is 0 Å². The van der Waals surface area contributed by atoms with Gasteiger partial charge in [-0.3, -0.25) is 0 Å². The molecule has 0 saturated carbocycles. The maximum Gasteiger partial charge on any atom is 0.164 e. The van der Waals surface area contributed by atoms with Gasteiger partial charge in [-0.2, -0.15) is 0 Å². The fraction of sp³-hybridized carbons (Fsp3) is 0.121. The van der Waals surface area contributed by atoms with Crippen LogP contribution in [-0.2, 0) is 5.41 Å². The Morgan fingerprint density at radius 2 is 1.05 bits per heavy atom. The monoisotopic (exact) mass is 785 g/mol. The van der Waals surface area contributed by atoms with Gasteiger partial charge in [0.15, 0.2) is 17.5 Å². The van der Waals surface area contributed by atoms with Gasteiger partial charge in [0.1, 0.15) is 0 Å². The average molecular weight is 786 g/mol. The van der Waals surface area contributed by atoms with Crippen molar-refractivity contribution in [2.75, 3.05) is 0 Å². The van der Waals surface area contributed by atoms with E-state index in [1.54, 1.807) is 0 Å². The molecule has 0 bridgehead atoms. The summed E-state index contributed by atoms with van der Waals surface area (Å²) in [5.41, 5.74) is 18.4. The number of hydrogen-bond acceptors (Lipinski definition) is 3. The molecule has 11 rings (SSSR count). The van der Waals surface area contributed by atoms with E-state index in [9.17, 15) is 0 Å². The van der Waals surface area contributed by atoms with Crippen LogP contribution in [0.1, 0.15) is 68.6 Å². The van der Waals surface area contributed by atoms with Gasteiger partial charge < -0.3 is 0 Å². The first kappa shape index (κ1) is 38.0. The van der Waals surface area contributed by atoms with Crippen LogP contribution in [0.2, 0.25) is 0 Å². The highest BCUT2D eigenvalue weighted by atomic mass is 15.0. The predicted molar refractivity (Wildman–Crippen MR) is 256 cm³/mol. The number of nitrogens with zero attached hydrogens (tertiary/aromatic N) is 3. The van der Waals surface area contributed by atoms with Crippen LogP contribution in [0.25, 0.3) is 78.1 Å². The fourth-order valence-corrected chi connectivity index (χ4v) is 9.85. The SMILES string of the molecule is C/C=C\C(=C/C)c1nc(-c2ccc(-c3ccc(-c4cccc5c4-c4ccccc4C54C5=CCCC=C5c5ccccc54)cc3)cc2)nc(-c2ccc3ccccc3c2)n1.CC. The molecule has 294 valence electrons. The Bertz CT molecular complexity index is 3110. The van der Waals surface area contributed by atoms with Crippen LogP contribution in [0, 0.1) is 0 Å². The second-order valence-electron chi connectivity index (χ2n) is 15.6. The second-order valence-corrected chi connectivity index (χ2v) is 15.6. The van der Waals surface area contributed by atoms with Crippen LogP contribution < -0.4 is 0 Å². The molecule has 1 unspecified atom stereocenters. The number of aromatic nitrogens is 3. The van der Waals surface area contributed by atoms with Gasteiger partial charge >= 0.3 is 0 Å². The number of fused-ring (bicyclic) bond motifs is 11. The molecule has 1 aromatic heterocycles. The smallest absolute Gasteiger partial charge is 0.164 e. The molecule has 0 fully saturated rings. The molecule has 0 aliphatic heterocycles. The van der Waals surface area contributed by atoms with E-state index in [4.69, 9.17) is 15.0 Å². The summed E-state index contributed by atoms with van der Waals surface area (Å²) in [6, 6.07) is 57.6. The van der Waals surface area contributed by atoms with E-state index in [1.807, 2.05) is 45.9 Å². The quantitative estimate of drug-likeness (QED) is 0.158. The molecule has 8 aromatic rings. The summed E-state index contributed by atoms with van der Waals surface area (Å²) < 4.78 is 0. The summed E-state index contributed by atoms with van der Waals surface area (Å²) in [7, 11) is 0. The summed E-state index contributed by atoms with van der Waals surface area (Å²) in [5, 5.41) is 2.34. The standard InChI is InChI=1S/C56H41N3.C2H6/c1-3-14-36(4-2)53-57-54(59-55(58-53)43-34-29-37-15-5-6-16-42(37)35-43)41-32-27-39(28-33-41)38-25-30-40(31-26-38)44-20-13-24-51-52(44)47-19-9-12-23-50(47)56(51)48-21-10-7-17-45(48)46-18-8-11-22-49(46)56;1-2/h3-7,9-10,12-35H,8,11H2,1-2H3;1-2H3/b14-3-,36-4+;. The lowest BCUT2D eigenvalue weighted by molar-refractivity contribution is 0.782. The van der Waals surface area contributed by atoms with Crippen molar-refractivity contribution in [3.05, 3.63) is 222 Å². The predicted octanol–water partition coefficient (Wildman–Crippen LogP) is 15.1. The first-order valence-corrected chi connectivity index (χ1v) is 21.7. The first-order chi connectivity index (χ1) is 30.1. The molecule has 7 aromatic carbocycles. The fourth-order valence-electron chi connectivity index (χ4n) is 9.85. The number of rotatable bonds is 6. The Morgan fingerprint density at radius 3 is 1.77 bits per heavy atom. The van der Waals surface area contributed by atoms with Gasteiger partial charge in [-0.25, -0.2) is 15.0 Å². The van der Waals surface area contributed by atoms with Crippen molar-refractivity contribution in [2.24, 2.45) is 0 Å². The molecule has 0 radical (unpaired) electrons. The lowest BCUT2D eigenvalue weighted by Crippen LogP contribution is -2.26. The molecular weight excluding hydrogens is 739 g/mol. The zero-order valence-corrected chi connectivity index (χ0v) is 35.2. The molecule has 3 aliphatic carbocycles. The van der Waals surface area contributed by atoms with Crippen LogP contribution in [-0.4, -0.2) is 15.0 Å². The van der Waals surface area contributed by atoms with Gasteiger partial charge in [-0.05, 0) is 110 Å². The maximum atomic E-state index is 5.03. The summed E-state index contributed by atoms with van der Waals surface area (Å²) in [5.74, 6) is 1.96. The molecule has 61 heavy (non-hydrogen) atoms. The molecular formula is C58H47N3. The van der Waals surface area contributed by atoms with E-state index < -0.39 is 0 Å². The molecule has 3 nitrogen and oxygen atoms in total. The highest BCUT2D eigenvalue weighted by molar-refractivity contribution is 6.03. The Labute approximate surface area is 359 Å². The molecule has 1 atom stereocenters. The van der Waals surface area contributed by atoms with Crippen LogP contribution in [0.3, 0.4) is 0 Å². The normalized spacial score (nSPS) is 16.0. The van der Waals surface area contributed by atoms with Crippen molar-refractivity contribution < 1.29 is 0 Å². The maximum absolute atomic E-state index is 5.03. The third kappa shape index (κ3) is 6.15. The van der Waals surface area contributed by atoms with Crippen LogP contribution in [0.4, 0.5) is 0 Å². The van der Waals surface area contributed by atoms with E-state index in [2.05, 4.69) is 170 Å². The second kappa shape index (κ2) is 15.7. The first-order valence-electron chi connectivity index (χ1n) is 21.7. The topological polar surface area (TPSA) is 38.7 Å². The number of hydrogen-bond donors (Lipinski definition) is 0. The Balaban J connectivity index is 0.00000220. The lowest BCUT2D eigenvalue weighted by Gasteiger charge is -2.31. The third-order valence-electron chi connectivity index (χ3n) is 12.5. The summed E-state index contributed by atoms with van der Waals surface area (Å²) in [4.78, 5) is 15.0. The van der Waals surface area contributed by atoms with Gasteiger partial charge in [-0.1, -0.05) is 196 Å². The van der Waals surface area contributed by atoms with E-state index in [0.717, 1.165) is 46.1 Å². The molecule has 1 spiro atoms. The minimum absolute atomic E-state index is 0.302. The summed E-state index contributed by atoms with van der Waals surface area (Å²) in [6.07, 6.45) is 13.3. The minimum Gasteiger partial charge on any atom is -0.208 e. The van der Waals surface area contributed by atoms with Gasteiger partial charge in [0.05, 0.1) is 5.41 Å². The van der Waals surface area contributed by atoms with Crippen LogP contribution in [0.15, 0.2) is 194 Å². The van der Waals surface area contributed by atoms with Gasteiger partial charge in [0, 0.05) is 16.7 Å². The summed E-state index contributed by atoms with van der Waals surface area (Å²) in [6.45, 7) is 8.03. The van der Waals surface area contributed by atoms with Crippen molar-refractivity contribution in [3.8, 4) is 56.2 Å². The molecule has 1 heterocycles. The minimum atomic E-state index is -0.302. The highest BCUT2D eigenvalue weighted by Crippen LogP contribution is 2.65. The van der Waals surface area contributed by atoms with Crippen molar-refractivity contribution in [2.45, 2.75) is 46.0 Å². The van der Waals surface area contributed by atoms with Crippen LogP contribution in [0.5, 0.6) is 0 Å². The third-order valence-corrected chi connectivity index (χ3v) is 12.5. The van der Waals surface area contributed by atoms with E-state index in [-0.39, 0.29) is 5.41 Å². The largest absolute Gasteiger partial charge is 0.208 e. The Morgan fingerprint density at radius 1 is 0.492 bits per heavy atom. The molecule has 0 saturated heterocycles. The van der Waals surface area contributed by atoms with Crippen molar-refractivity contribution in [1.82, 2.24) is 15.0 Å². The van der Waals surface area contributed by atoms with E-state index in [1.165, 1.54) is 61.0 Å². The number of benzene rings is 7. The highest BCUT2D eigenvalue weighted by Gasteiger charge is 2.53. The van der Waals surface area contributed by atoms with Gasteiger partial charge in [0.2, 0.25) is 0 Å². The van der Waals surface area contributed by atoms with Gasteiger partial charge in [0.25, 0.3) is 0 Å². The van der Waals surface area contributed by atoms with E-state index in [0.29, 0.717) is 17.5 Å². The van der Waals surface area contributed by atoms with Crippen LogP contribution >= 0.6 is 0 Å². The summed E-state index contributed by atoms with van der Waals surface area (Å²) >= 11 is 0. The molecule has 3 heteroatoms.